The fourth-order valence-electron chi connectivity index (χ4n) is 2.43. The summed E-state index contributed by atoms with van der Waals surface area (Å²) >= 11 is 1.33. The minimum absolute atomic E-state index is 0.00672. The molecule has 3 heterocycles. The molecule has 1 aliphatic heterocycles. The average molecular weight is 367 g/mol. The van der Waals surface area contributed by atoms with E-state index in [0.717, 1.165) is 13.1 Å². The highest BCUT2D eigenvalue weighted by Gasteiger charge is 2.19. The fraction of sp³-hybridized carbons (Fsp3) is 0.600. The van der Waals surface area contributed by atoms with Crippen molar-refractivity contribution >= 4 is 27.3 Å². The Kier molecular flexibility index (Phi) is 5.95. The number of aromatic nitrogens is 3. The highest BCUT2D eigenvalue weighted by Crippen LogP contribution is 2.21. The Balaban J connectivity index is 1.72. The molecule has 0 atom stereocenters. The number of hydrogen-bond acceptors (Lipinski definition) is 8. The standard InChI is InChI=1S/C15H21N5O4S/c1-2-23-7-3-4-16-12(21)11-10-17-14-20(13(11)22)18-15(25-14)19-5-8-24-9-6-19/h10H,2-9H2,1H3,(H,16,21). The molecule has 2 aromatic rings. The molecule has 136 valence electrons. The maximum absolute atomic E-state index is 12.5. The number of nitrogens with one attached hydrogen (secondary N) is 1. The molecule has 0 spiro atoms. The van der Waals surface area contributed by atoms with Gasteiger partial charge in [0, 0.05) is 39.0 Å². The Morgan fingerprint density at radius 2 is 2.24 bits per heavy atom. The summed E-state index contributed by atoms with van der Waals surface area (Å²) in [5, 5.41) is 7.75. The van der Waals surface area contributed by atoms with E-state index in [1.807, 2.05) is 6.92 Å². The van der Waals surface area contributed by atoms with E-state index in [1.54, 1.807) is 0 Å². The molecule has 1 aliphatic rings. The lowest BCUT2D eigenvalue weighted by Crippen LogP contribution is -2.36. The van der Waals surface area contributed by atoms with Gasteiger partial charge in [-0.15, -0.1) is 5.10 Å². The lowest BCUT2D eigenvalue weighted by atomic mass is 10.3. The molecule has 9 nitrogen and oxygen atoms in total. The number of carbonyl (C=O) groups excluding carboxylic acids is 1. The molecule has 0 aromatic carbocycles. The quantitative estimate of drug-likeness (QED) is 0.695. The highest BCUT2D eigenvalue weighted by atomic mass is 32.1. The topological polar surface area (TPSA) is 98.1 Å². The molecule has 2 aromatic heterocycles. The van der Waals surface area contributed by atoms with Crippen LogP contribution in [0.15, 0.2) is 11.0 Å². The van der Waals surface area contributed by atoms with Gasteiger partial charge < -0.3 is 19.7 Å². The molecule has 0 saturated carbocycles. The molecule has 1 N–H and O–H groups in total. The number of carbonyl (C=O) groups is 1. The van der Waals surface area contributed by atoms with E-state index in [-0.39, 0.29) is 5.56 Å². The number of ether oxygens (including phenoxy) is 2. The predicted molar refractivity (Wildman–Crippen MR) is 93.6 cm³/mol. The number of nitrogens with zero attached hydrogens (tertiary/aromatic N) is 4. The van der Waals surface area contributed by atoms with E-state index < -0.39 is 11.5 Å². The van der Waals surface area contributed by atoms with E-state index in [9.17, 15) is 9.59 Å². The Bertz CT molecular complexity index is 784. The van der Waals surface area contributed by atoms with E-state index in [1.165, 1.54) is 22.0 Å². The number of morpholine rings is 1. The predicted octanol–water partition coefficient (Wildman–Crippen LogP) is 0.144. The third-order valence-electron chi connectivity index (χ3n) is 3.76. The number of fused-ring (bicyclic) bond motifs is 1. The SMILES string of the molecule is CCOCCCNC(=O)c1cnc2sc(N3CCOCC3)nn2c1=O. The first-order valence-electron chi connectivity index (χ1n) is 8.28. The van der Waals surface area contributed by atoms with Gasteiger partial charge >= 0.3 is 0 Å². The Labute approximate surface area is 148 Å². The van der Waals surface area contributed by atoms with Crippen molar-refractivity contribution in [2.24, 2.45) is 0 Å². The van der Waals surface area contributed by atoms with E-state index >= 15 is 0 Å². The molecule has 0 radical (unpaired) electrons. The second-order valence-corrected chi connectivity index (χ2v) is 6.40. The highest BCUT2D eigenvalue weighted by molar-refractivity contribution is 7.20. The average Bonchev–Trinajstić information content (AvgIpc) is 3.08. The summed E-state index contributed by atoms with van der Waals surface area (Å²) in [5.74, 6) is -0.440. The third-order valence-corrected chi connectivity index (χ3v) is 4.74. The monoisotopic (exact) mass is 367 g/mol. The van der Waals surface area contributed by atoms with E-state index in [2.05, 4.69) is 20.3 Å². The Morgan fingerprint density at radius 1 is 1.44 bits per heavy atom. The zero-order valence-corrected chi connectivity index (χ0v) is 14.9. The van der Waals surface area contributed by atoms with E-state index in [0.29, 0.717) is 49.5 Å². The zero-order valence-electron chi connectivity index (χ0n) is 14.1. The van der Waals surface area contributed by atoms with Crippen molar-refractivity contribution in [1.29, 1.82) is 0 Å². The second kappa shape index (κ2) is 8.37. The number of amides is 1. The molecule has 10 heteroatoms. The minimum atomic E-state index is -0.455. The van der Waals surface area contributed by atoms with Gasteiger partial charge in [-0.05, 0) is 13.3 Å². The van der Waals surface area contributed by atoms with Crippen molar-refractivity contribution in [2.45, 2.75) is 13.3 Å². The largest absolute Gasteiger partial charge is 0.382 e. The normalized spacial score (nSPS) is 14.8. The fourth-order valence-corrected chi connectivity index (χ4v) is 3.34. The number of hydrogen-bond donors (Lipinski definition) is 1. The van der Waals surface area contributed by atoms with Crippen molar-refractivity contribution in [3.05, 3.63) is 22.1 Å². The molecule has 25 heavy (non-hydrogen) atoms. The summed E-state index contributed by atoms with van der Waals surface area (Å²) in [6.07, 6.45) is 2.01. The van der Waals surface area contributed by atoms with Gasteiger partial charge in [-0.1, -0.05) is 11.3 Å². The smallest absolute Gasteiger partial charge is 0.288 e. The molecule has 1 saturated heterocycles. The van der Waals surface area contributed by atoms with Crippen LogP contribution < -0.4 is 15.8 Å². The molecular formula is C15H21N5O4S. The molecular weight excluding hydrogens is 346 g/mol. The Morgan fingerprint density at radius 3 is 3.00 bits per heavy atom. The first kappa shape index (κ1) is 17.8. The zero-order chi connectivity index (χ0) is 17.6. The summed E-state index contributed by atoms with van der Waals surface area (Å²) < 4.78 is 11.7. The maximum Gasteiger partial charge on any atom is 0.288 e. The second-order valence-electron chi connectivity index (χ2n) is 5.46. The number of anilines is 1. The van der Waals surface area contributed by atoms with Crippen LogP contribution in [0.25, 0.3) is 4.96 Å². The van der Waals surface area contributed by atoms with Gasteiger partial charge in [0.25, 0.3) is 11.5 Å². The Hall–Kier alpha value is -2.04. The van der Waals surface area contributed by atoms with Gasteiger partial charge in [-0.3, -0.25) is 9.59 Å². The van der Waals surface area contributed by atoms with Crippen molar-refractivity contribution in [3.63, 3.8) is 0 Å². The van der Waals surface area contributed by atoms with Gasteiger partial charge in [-0.2, -0.15) is 4.52 Å². The lowest BCUT2D eigenvalue weighted by Gasteiger charge is -2.25. The molecule has 0 unspecified atom stereocenters. The van der Waals surface area contributed by atoms with Crippen LogP contribution in [0.3, 0.4) is 0 Å². The number of rotatable bonds is 7. The van der Waals surface area contributed by atoms with Crippen LogP contribution >= 0.6 is 11.3 Å². The lowest BCUT2D eigenvalue weighted by molar-refractivity contribution is 0.0942. The van der Waals surface area contributed by atoms with Crippen LogP contribution in [0.1, 0.15) is 23.7 Å². The van der Waals surface area contributed by atoms with Crippen LogP contribution in [0.5, 0.6) is 0 Å². The summed E-state index contributed by atoms with van der Waals surface area (Å²) in [5.41, 5.74) is -0.462. The van der Waals surface area contributed by atoms with Crippen molar-refractivity contribution < 1.29 is 14.3 Å². The van der Waals surface area contributed by atoms with Crippen LogP contribution in [-0.2, 0) is 9.47 Å². The van der Waals surface area contributed by atoms with Crippen molar-refractivity contribution in [3.8, 4) is 0 Å². The van der Waals surface area contributed by atoms with Crippen LogP contribution in [-0.4, -0.2) is 66.6 Å². The van der Waals surface area contributed by atoms with Gasteiger partial charge in [0.05, 0.1) is 13.2 Å². The van der Waals surface area contributed by atoms with Gasteiger partial charge in [0.1, 0.15) is 5.56 Å². The van der Waals surface area contributed by atoms with Gasteiger partial charge in [0.2, 0.25) is 10.1 Å². The van der Waals surface area contributed by atoms with Crippen LogP contribution in [0, 0.1) is 0 Å². The molecule has 0 bridgehead atoms. The third kappa shape index (κ3) is 4.14. The van der Waals surface area contributed by atoms with E-state index in [4.69, 9.17) is 9.47 Å². The first-order chi connectivity index (χ1) is 12.2. The van der Waals surface area contributed by atoms with Crippen molar-refractivity contribution in [1.82, 2.24) is 19.9 Å². The summed E-state index contributed by atoms with van der Waals surface area (Å²) in [6, 6.07) is 0. The van der Waals surface area contributed by atoms with Crippen LogP contribution in [0.2, 0.25) is 0 Å². The minimum Gasteiger partial charge on any atom is -0.382 e. The maximum atomic E-state index is 12.5. The summed E-state index contributed by atoms with van der Waals surface area (Å²) in [4.78, 5) is 31.5. The molecule has 1 amide bonds. The summed E-state index contributed by atoms with van der Waals surface area (Å²) in [7, 11) is 0. The molecule has 1 fully saturated rings. The summed E-state index contributed by atoms with van der Waals surface area (Å²) in [6.45, 7) is 6.29. The first-order valence-corrected chi connectivity index (χ1v) is 9.10. The van der Waals surface area contributed by atoms with Crippen LogP contribution in [0.4, 0.5) is 5.13 Å². The van der Waals surface area contributed by atoms with Gasteiger partial charge in [0.15, 0.2) is 0 Å². The molecule has 3 rings (SSSR count). The van der Waals surface area contributed by atoms with Gasteiger partial charge in [-0.25, -0.2) is 4.98 Å². The van der Waals surface area contributed by atoms with Crippen molar-refractivity contribution in [2.75, 3.05) is 51.0 Å². The molecule has 0 aliphatic carbocycles.